The number of benzene rings is 1. The average molecular weight is 232 g/mol. The minimum absolute atomic E-state index is 0.167. The van der Waals surface area contributed by atoms with Crippen molar-refractivity contribution in [3.8, 4) is 0 Å². The highest BCUT2D eigenvalue weighted by atomic mass is 16.1. The van der Waals surface area contributed by atoms with Crippen molar-refractivity contribution in [2.24, 2.45) is 5.73 Å². The zero-order valence-electron chi connectivity index (χ0n) is 10.3. The Kier molecular flexibility index (Phi) is 3.79. The molecule has 1 saturated heterocycles. The summed E-state index contributed by atoms with van der Waals surface area (Å²) in [5.41, 5.74) is 8.04. The van der Waals surface area contributed by atoms with Crippen molar-refractivity contribution in [2.75, 3.05) is 6.54 Å². The first-order valence-corrected chi connectivity index (χ1v) is 6.32. The summed E-state index contributed by atoms with van der Waals surface area (Å²) in [6.07, 6.45) is 2.96. The van der Waals surface area contributed by atoms with Crippen LogP contribution in [0.4, 0.5) is 0 Å². The molecule has 0 aliphatic carbocycles. The van der Waals surface area contributed by atoms with E-state index in [1.54, 1.807) is 0 Å². The van der Waals surface area contributed by atoms with Crippen molar-refractivity contribution in [1.82, 2.24) is 5.32 Å². The number of amides is 1. The maximum Gasteiger partial charge on any atom is 0.234 e. The van der Waals surface area contributed by atoms with Gasteiger partial charge in [-0.1, -0.05) is 31.2 Å². The molecule has 0 bridgehead atoms. The van der Waals surface area contributed by atoms with Crippen molar-refractivity contribution in [2.45, 2.75) is 38.1 Å². The number of nitrogens with two attached hydrogens (primary N) is 1. The topological polar surface area (TPSA) is 55.1 Å². The molecule has 92 valence electrons. The fraction of sp³-hybridized carbons (Fsp3) is 0.500. The maximum absolute atomic E-state index is 11.2. The molecule has 2 atom stereocenters. The van der Waals surface area contributed by atoms with Crippen LogP contribution in [0.2, 0.25) is 0 Å². The summed E-state index contributed by atoms with van der Waals surface area (Å²) in [5, 5.41) is 3.17. The maximum atomic E-state index is 11.2. The molecular formula is C14H20N2O. The highest BCUT2D eigenvalue weighted by Crippen LogP contribution is 2.27. The Bertz CT molecular complexity index is 386. The lowest BCUT2D eigenvalue weighted by atomic mass is 9.86. The molecule has 2 unspecified atom stereocenters. The summed E-state index contributed by atoms with van der Waals surface area (Å²) in [6.45, 7) is 3.02. The van der Waals surface area contributed by atoms with Gasteiger partial charge in [0.25, 0.3) is 0 Å². The minimum Gasteiger partial charge on any atom is -0.368 e. The van der Waals surface area contributed by atoms with Gasteiger partial charge < -0.3 is 11.1 Å². The molecule has 1 aliphatic heterocycles. The Morgan fingerprint density at radius 3 is 2.71 bits per heavy atom. The van der Waals surface area contributed by atoms with E-state index in [-0.39, 0.29) is 11.9 Å². The van der Waals surface area contributed by atoms with Crippen molar-refractivity contribution < 1.29 is 4.79 Å². The van der Waals surface area contributed by atoms with Gasteiger partial charge in [0, 0.05) is 0 Å². The Balaban J connectivity index is 2.08. The quantitative estimate of drug-likeness (QED) is 0.831. The summed E-state index contributed by atoms with van der Waals surface area (Å²) in [7, 11) is 0. The molecule has 0 radical (unpaired) electrons. The third-order valence-corrected chi connectivity index (χ3v) is 3.61. The number of carbonyl (C=O) groups is 1. The number of hydrogen-bond donors (Lipinski definition) is 2. The molecule has 0 spiro atoms. The molecule has 17 heavy (non-hydrogen) atoms. The van der Waals surface area contributed by atoms with Crippen LogP contribution < -0.4 is 11.1 Å². The second kappa shape index (κ2) is 5.32. The highest BCUT2D eigenvalue weighted by Gasteiger charge is 2.25. The molecule has 1 aliphatic rings. The smallest absolute Gasteiger partial charge is 0.234 e. The number of nitrogens with one attached hydrogen (secondary N) is 1. The van der Waals surface area contributed by atoms with Crippen LogP contribution >= 0.6 is 0 Å². The third kappa shape index (κ3) is 2.86. The molecule has 3 N–H and O–H groups in total. The molecule has 3 nitrogen and oxygen atoms in total. The van der Waals surface area contributed by atoms with E-state index < -0.39 is 0 Å². The van der Waals surface area contributed by atoms with E-state index in [1.807, 2.05) is 0 Å². The average Bonchev–Trinajstić information content (AvgIpc) is 2.39. The number of piperidine rings is 1. The molecule has 1 amide bonds. The Hall–Kier alpha value is -1.35. The molecule has 0 aromatic heterocycles. The van der Waals surface area contributed by atoms with E-state index in [2.05, 4.69) is 36.5 Å². The third-order valence-electron chi connectivity index (χ3n) is 3.61. The summed E-state index contributed by atoms with van der Waals surface area (Å²) >= 11 is 0. The second-order valence-corrected chi connectivity index (χ2v) is 4.73. The van der Waals surface area contributed by atoms with Crippen LogP contribution in [-0.4, -0.2) is 18.5 Å². The largest absolute Gasteiger partial charge is 0.368 e. The van der Waals surface area contributed by atoms with Gasteiger partial charge in [0.2, 0.25) is 5.91 Å². The van der Waals surface area contributed by atoms with Gasteiger partial charge in [0.1, 0.15) is 0 Å². The van der Waals surface area contributed by atoms with Crippen LogP contribution in [0.25, 0.3) is 0 Å². The molecular weight excluding hydrogens is 212 g/mol. The van der Waals surface area contributed by atoms with E-state index in [9.17, 15) is 4.79 Å². The van der Waals surface area contributed by atoms with Gasteiger partial charge in [0.15, 0.2) is 0 Å². The molecule has 1 fully saturated rings. The SMILES string of the molecule is CCc1ccc(C2CCNC(C(N)=O)C2)cc1. The fourth-order valence-corrected chi connectivity index (χ4v) is 2.46. The Morgan fingerprint density at radius 2 is 2.12 bits per heavy atom. The predicted molar refractivity (Wildman–Crippen MR) is 68.8 cm³/mol. The molecule has 1 aromatic carbocycles. The Labute approximate surface area is 102 Å². The van der Waals surface area contributed by atoms with Crippen molar-refractivity contribution in [3.63, 3.8) is 0 Å². The summed E-state index contributed by atoms with van der Waals surface area (Å²) in [6, 6.07) is 8.56. The summed E-state index contributed by atoms with van der Waals surface area (Å²) in [5.74, 6) is 0.222. The number of primary amides is 1. The molecule has 1 heterocycles. The van der Waals surface area contributed by atoms with Crippen molar-refractivity contribution in [3.05, 3.63) is 35.4 Å². The lowest BCUT2D eigenvalue weighted by Gasteiger charge is -2.28. The monoisotopic (exact) mass is 232 g/mol. The molecule has 1 aromatic rings. The zero-order valence-corrected chi connectivity index (χ0v) is 10.3. The molecule has 2 rings (SSSR count). The first-order valence-electron chi connectivity index (χ1n) is 6.32. The Morgan fingerprint density at radius 1 is 1.41 bits per heavy atom. The van der Waals surface area contributed by atoms with Gasteiger partial charge >= 0.3 is 0 Å². The lowest BCUT2D eigenvalue weighted by Crippen LogP contribution is -2.46. The van der Waals surface area contributed by atoms with Gasteiger partial charge in [0.05, 0.1) is 6.04 Å². The van der Waals surface area contributed by atoms with Gasteiger partial charge in [-0.3, -0.25) is 4.79 Å². The summed E-state index contributed by atoms with van der Waals surface area (Å²) < 4.78 is 0. The van der Waals surface area contributed by atoms with Crippen LogP contribution in [0.1, 0.15) is 36.8 Å². The molecule has 3 heteroatoms. The van der Waals surface area contributed by atoms with Crippen LogP contribution in [-0.2, 0) is 11.2 Å². The van der Waals surface area contributed by atoms with Gasteiger partial charge in [-0.05, 0) is 42.9 Å². The van der Waals surface area contributed by atoms with E-state index in [1.165, 1.54) is 11.1 Å². The van der Waals surface area contributed by atoms with Gasteiger partial charge in [-0.25, -0.2) is 0 Å². The van der Waals surface area contributed by atoms with E-state index in [0.717, 1.165) is 25.8 Å². The number of hydrogen-bond acceptors (Lipinski definition) is 2. The van der Waals surface area contributed by atoms with Crippen LogP contribution in [0.3, 0.4) is 0 Å². The van der Waals surface area contributed by atoms with Crippen molar-refractivity contribution in [1.29, 1.82) is 0 Å². The standard InChI is InChI=1S/C14H20N2O/c1-2-10-3-5-11(6-4-10)12-7-8-16-13(9-12)14(15)17/h3-6,12-13,16H,2,7-9H2,1H3,(H2,15,17). The van der Waals surface area contributed by atoms with Crippen LogP contribution in [0, 0.1) is 0 Å². The normalized spacial score (nSPS) is 24.5. The number of carbonyl (C=O) groups excluding carboxylic acids is 1. The van der Waals surface area contributed by atoms with Crippen LogP contribution in [0.5, 0.6) is 0 Å². The van der Waals surface area contributed by atoms with Crippen molar-refractivity contribution >= 4 is 5.91 Å². The zero-order chi connectivity index (χ0) is 12.3. The van der Waals surface area contributed by atoms with Crippen LogP contribution in [0.15, 0.2) is 24.3 Å². The second-order valence-electron chi connectivity index (χ2n) is 4.73. The number of aryl methyl sites for hydroxylation is 1. The fourth-order valence-electron chi connectivity index (χ4n) is 2.46. The highest BCUT2D eigenvalue weighted by molar-refractivity contribution is 5.80. The van der Waals surface area contributed by atoms with Gasteiger partial charge in [-0.2, -0.15) is 0 Å². The van der Waals surface area contributed by atoms with E-state index >= 15 is 0 Å². The van der Waals surface area contributed by atoms with Gasteiger partial charge in [-0.15, -0.1) is 0 Å². The predicted octanol–water partition coefficient (Wildman–Crippen LogP) is 1.57. The minimum atomic E-state index is -0.236. The lowest BCUT2D eigenvalue weighted by molar-refractivity contribution is -0.120. The first-order chi connectivity index (χ1) is 8.20. The van der Waals surface area contributed by atoms with E-state index in [4.69, 9.17) is 5.73 Å². The number of rotatable bonds is 3. The first kappa shape index (κ1) is 12.1. The van der Waals surface area contributed by atoms with E-state index in [0.29, 0.717) is 5.92 Å². The summed E-state index contributed by atoms with van der Waals surface area (Å²) in [4.78, 5) is 11.2. The molecule has 0 saturated carbocycles.